The van der Waals surface area contributed by atoms with Crippen LogP contribution in [0.2, 0.25) is 0 Å². The molecule has 0 radical (unpaired) electrons. The number of fused-ring (bicyclic) bond motifs is 1. The summed E-state index contributed by atoms with van der Waals surface area (Å²) in [5.74, 6) is -0.504. The number of aromatic nitrogens is 3. The maximum atomic E-state index is 13.8. The lowest BCUT2D eigenvalue weighted by atomic mass is 9.90. The Bertz CT molecular complexity index is 1110. The van der Waals surface area contributed by atoms with Gasteiger partial charge in [0.2, 0.25) is 5.95 Å². The number of rotatable bonds is 4. The number of hydrogen-bond acceptors (Lipinski definition) is 5. The fraction of sp³-hybridized carbons (Fsp3) is 0.190. The average molecular weight is 414 g/mol. The first-order valence-corrected chi connectivity index (χ1v) is 9.21. The van der Waals surface area contributed by atoms with E-state index in [1.807, 2.05) is 0 Å². The van der Waals surface area contributed by atoms with Crippen molar-refractivity contribution in [2.75, 3.05) is 11.9 Å². The van der Waals surface area contributed by atoms with Gasteiger partial charge >= 0.3 is 12.1 Å². The predicted octanol–water partition coefficient (Wildman–Crippen LogP) is 4.29. The monoisotopic (exact) mass is 414 g/mol. The predicted molar refractivity (Wildman–Crippen MR) is 103 cm³/mol. The maximum Gasteiger partial charge on any atom is 0.416 e. The summed E-state index contributed by atoms with van der Waals surface area (Å²) in [4.78, 5) is 17.1. The van der Waals surface area contributed by atoms with Crippen molar-refractivity contribution < 1.29 is 22.7 Å². The SMILES string of the molecule is CCOC(=O)C1=C(c2ccccc2)Nc2ncnn2[C@@H]1c1ccccc1C(F)(F)F. The van der Waals surface area contributed by atoms with Gasteiger partial charge in [-0.1, -0.05) is 48.5 Å². The molecule has 1 atom stereocenters. The van der Waals surface area contributed by atoms with E-state index in [1.54, 1.807) is 37.3 Å². The summed E-state index contributed by atoms with van der Waals surface area (Å²) in [7, 11) is 0. The molecule has 3 aromatic rings. The highest BCUT2D eigenvalue weighted by molar-refractivity contribution is 6.02. The molecule has 2 heterocycles. The summed E-state index contributed by atoms with van der Waals surface area (Å²) in [5, 5.41) is 7.12. The Balaban J connectivity index is 2.02. The van der Waals surface area contributed by atoms with Crippen LogP contribution in [0.1, 0.15) is 29.7 Å². The van der Waals surface area contributed by atoms with Crippen molar-refractivity contribution in [3.63, 3.8) is 0 Å². The highest BCUT2D eigenvalue weighted by Crippen LogP contribution is 2.43. The van der Waals surface area contributed by atoms with Gasteiger partial charge in [0.25, 0.3) is 0 Å². The molecular weight excluding hydrogens is 397 g/mol. The fourth-order valence-electron chi connectivity index (χ4n) is 3.50. The number of carbonyl (C=O) groups is 1. The Morgan fingerprint density at radius 1 is 1.13 bits per heavy atom. The largest absolute Gasteiger partial charge is 0.463 e. The van der Waals surface area contributed by atoms with Crippen LogP contribution in [0.15, 0.2) is 66.5 Å². The molecule has 30 heavy (non-hydrogen) atoms. The van der Waals surface area contributed by atoms with Crippen LogP contribution >= 0.6 is 0 Å². The fourth-order valence-corrected chi connectivity index (χ4v) is 3.50. The van der Waals surface area contributed by atoms with Crippen LogP contribution in [-0.4, -0.2) is 27.3 Å². The molecule has 0 unspecified atom stereocenters. The van der Waals surface area contributed by atoms with Gasteiger partial charge in [0, 0.05) is 0 Å². The summed E-state index contributed by atoms with van der Waals surface area (Å²) in [6, 6.07) is 12.8. The molecule has 9 heteroatoms. The molecule has 1 aliphatic rings. The number of alkyl halides is 3. The van der Waals surface area contributed by atoms with Crippen molar-refractivity contribution in [1.82, 2.24) is 14.8 Å². The molecule has 2 aromatic carbocycles. The second-order valence-electron chi connectivity index (χ2n) is 6.52. The second kappa shape index (κ2) is 7.66. The average Bonchev–Trinajstić information content (AvgIpc) is 3.21. The lowest BCUT2D eigenvalue weighted by molar-refractivity contribution is -0.140. The van der Waals surface area contributed by atoms with E-state index in [0.29, 0.717) is 11.3 Å². The summed E-state index contributed by atoms with van der Waals surface area (Å²) in [6.07, 6.45) is -3.39. The molecule has 0 aliphatic carbocycles. The summed E-state index contributed by atoms with van der Waals surface area (Å²) >= 11 is 0. The molecule has 6 nitrogen and oxygen atoms in total. The van der Waals surface area contributed by atoms with Crippen LogP contribution in [-0.2, 0) is 15.7 Å². The molecule has 0 saturated carbocycles. The van der Waals surface area contributed by atoms with Crippen LogP contribution in [0.5, 0.6) is 0 Å². The van der Waals surface area contributed by atoms with Crippen LogP contribution in [0, 0.1) is 0 Å². The van der Waals surface area contributed by atoms with Crippen molar-refractivity contribution in [1.29, 1.82) is 0 Å². The van der Waals surface area contributed by atoms with E-state index < -0.39 is 23.8 Å². The van der Waals surface area contributed by atoms with Crippen molar-refractivity contribution in [3.8, 4) is 0 Å². The standard InChI is InChI=1S/C21H17F3N4O2/c1-2-30-19(29)16-17(13-8-4-3-5-9-13)27-20-25-12-26-28(20)18(16)14-10-6-7-11-15(14)21(22,23)24/h3-12,18H,2H2,1H3,(H,25,26,27)/t18-/m1/s1. The van der Waals surface area contributed by atoms with Crippen LogP contribution < -0.4 is 5.32 Å². The lowest BCUT2D eigenvalue weighted by Gasteiger charge is -2.31. The number of carbonyl (C=O) groups excluding carboxylic acids is 1. The number of esters is 1. The minimum Gasteiger partial charge on any atom is -0.463 e. The normalized spacial score (nSPS) is 16.1. The molecule has 1 N–H and O–H groups in total. The second-order valence-corrected chi connectivity index (χ2v) is 6.52. The van der Waals surface area contributed by atoms with E-state index in [1.165, 1.54) is 29.2 Å². The third kappa shape index (κ3) is 3.42. The van der Waals surface area contributed by atoms with Crippen molar-refractivity contribution in [2.24, 2.45) is 0 Å². The van der Waals surface area contributed by atoms with Gasteiger partial charge in [0.05, 0.1) is 23.4 Å². The molecule has 4 rings (SSSR count). The summed E-state index contributed by atoms with van der Waals surface area (Å²) < 4.78 is 47.9. The van der Waals surface area contributed by atoms with E-state index >= 15 is 0 Å². The smallest absolute Gasteiger partial charge is 0.416 e. The molecule has 0 fully saturated rings. The molecule has 154 valence electrons. The molecule has 1 aromatic heterocycles. The zero-order valence-corrected chi connectivity index (χ0v) is 15.8. The maximum absolute atomic E-state index is 13.8. The Hall–Kier alpha value is -3.62. The minimum atomic E-state index is -4.62. The molecule has 0 amide bonds. The van der Waals surface area contributed by atoms with Gasteiger partial charge in [-0.3, -0.25) is 0 Å². The number of nitrogens with one attached hydrogen (secondary N) is 1. The summed E-state index contributed by atoms with van der Waals surface area (Å²) in [6.45, 7) is 1.71. The molecule has 0 spiro atoms. The summed E-state index contributed by atoms with van der Waals surface area (Å²) in [5.41, 5.74) is 0.000801. The Morgan fingerprint density at radius 2 is 1.83 bits per heavy atom. The third-order valence-corrected chi connectivity index (χ3v) is 4.72. The van der Waals surface area contributed by atoms with Gasteiger partial charge in [-0.05, 0) is 24.1 Å². The van der Waals surface area contributed by atoms with Crippen LogP contribution in [0.4, 0.5) is 19.1 Å². The Kier molecular flexibility index (Phi) is 5.03. The molecule has 0 saturated heterocycles. The molecular formula is C21H17F3N4O2. The first kappa shape index (κ1) is 19.7. The first-order valence-electron chi connectivity index (χ1n) is 9.21. The van der Waals surface area contributed by atoms with E-state index in [0.717, 1.165) is 6.07 Å². The molecule has 1 aliphatic heterocycles. The zero-order chi connectivity index (χ0) is 21.3. The van der Waals surface area contributed by atoms with E-state index in [9.17, 15) is 18.0 Å². The third-order valence-electron chi connectivity index (χ3n) is 4.72. The number of nitrogens with zero attached hydrogens (tertiary/aromatic N) is 3. The minimum absolute atomic E-state index is 0.0257. The van der Waals surface area contributed by atoms with Crippen molar-refractivity contribution in [2.45, 2.75) is 19.1 Å². The quantitative estimate of drug-likeness (QED) is 0.646. The van der Waals surface area contributed by atoms with Crippen LogP contribution in [0.3, 0.4) is 0 Å². The number of benzene rings is 2. The highest BCUT2D eigenvalue weighted by atomic mass is 19.4. The number of anilines is 1. The van der Waals surface area contributed by atoms with E-state index in [-0.39, 0.29) is 23.7 Å². The number of halogens is 3. The number of ether oxygens (including phenoxy) is 1. The van der Waals surface area contributed by atoms with Gasteiger partial charge in [0.15, 0.2) is 0 Å². The van der Waals surface area contributed by atoms with E-state index in [2.05, 4.69) is 15.4 Å². The Morgan fingerprint density at radius 3 is 2.53 bits per heavy atom. The van der Waals surface area contributed by atoms with Gasteiger partial charge < -0.3 is 10.1 Å². The van der Waals surface area contributed by atoms with Gasteiger partial charge in [-0.25, -0.2) is 9.48 Å². The van der Waals surface area contributed by atoms with Gasteiger partial charge in [0.1, 0.15) is 12.4 Å². The lowest BCUT2D eigenvalue weighted by Crippen LogP contribution is -2.31. The van der Waals surface area contributed by atoms with Gasteiger partial charge in [-0.15, -0.1) is 0 Å². The van der Waals surface area contributed by atoms with Crippen LogP contribution in [0.25, 0.3) is 5.70 Å². The van der Waals surface area contributed by atoms with Crippen molar-refractivity contribution >= 4 is 17.6 Å². The zero-order valence-electron chi connectivity index (χ0n) is 15.8. The van der Waals surface area contributed by atoms with E-state index in [4.69, 9.17) is 4.74 Å². The van der Waals surface area contributed by atoms with Crippen molar-refractivity contribution in [3.05, 3.63) is 83.2 Å². The first-order chi connectivity index (χ1) is 14.4. The Labute approximate surface area is 170 Å². The van der Waals surface area contributed by atoms with Gasteiger partial charge in [-0.2, -0.15) is 23.3 Å². The highest BCUT2D eigenvalue weighted by Gasteiger charge is 2.42. The topological polar surface area (TPSA) is 69.0 Å². The number of hydrogen-bond donors (Lipinski definition) is 1. The molecule has 0 bridgehead atoms.